The third kappa shape index (κ3) is 2.16. The van der Waals surface area contributed by atoms with E-state index < -0.39 is 0 Å². The Morgan fingerprint density at radius 2 is 1.70 bits per heavy atom. The van der Waals surface area contributed by atoms with Gasteiger partial charge in [0.25, 0.3) is 0 Å². The molecule has 3 aromatic rings. The number of benzene rings is 1. The van der Waals surface area contributed by atoms with Crippen molar-refractivity contribution in [2.75, 3.05) is 7.11 Å². The van der Waals surface area contributed by atoms with Crippen molar-refractivity contribution in [1.82, 2.24) is 9.97 Å². The van der Waals surface area contributed by atoms with Crippen molar-refractivity contribution in [2.24, 2.45) is 0 Å². The summed E-state index contributed by atoms with van der Waals surface area (Å²) in [5.41, 5.74) is 3.84. The van der Waals surface area contributed by atoms with Gasteiger partial charge in [-0.05, 0) is 35.4 Å². The number of pyridine rings is 1. The molecule has 0 fully saturated rings. The first kappa shape index (κ1) is 12.4. The molecule has 0 saturated carbocycles. The Hall–Kier alpha value is -2.62. The maximum Gasteiger partial charge on any atom is 0.199 e. The summed E-state index contributed by atoms with van der Waals surface area (Å²) in [6, 6.07) is 10.2. The zero-order valence-corrected chi connectivity index (χ0v) is 10.9. The zero-order chi connectivity index (χ0) is 13.9. The summed E-state index contributed by atoms with van der Waals surface area (Å²) in [6.45, 7) is 0. The highest BCUT2D eigenvalue weighted by Crippen LogP contribution is 2.38. The molecule has 0 aliphatic heterocycles. The molecule has 1 N–H and O–H groups in total. The van der Waals surface area contributed by atoms with E-state index in [1.165, 1.54) is 12.1 Å². The van der Waals surface area contributed by atoms with Gasteiger partial charge in [0.1, 0.15) is 5.82 Å². The van der Waals surface area contributed by atoms with Crippen molar-refractivity contribution in [1.29, 1.82) is 0 Å². The molecule has 0 aliphatic carbocycles. The number of aromatic amines is 1. The third-order valence-corrected chi connectivity index (χ3v) is 3.17. The van der Waals surface area contributed by atoms with E-state index in [1.54, 1.807) is 31.6 Å². The number of nitrogens with zero attached hydrogens (tertiary/aromatic N) is 1. The van der Waals surface area contributed by atoms with E-state index in [2.05, 4.69) is 9.97 Å². The molecule has 2 aromatic heterocycles. The largest absolute Gasteiger partial charge is 0.482 e. The van der Waals surface area contributed by atoms with Crippen LogP contribution < -0.4 is 4.74 Å². The number of hydrogen-bond donors (Lipinski definition) is 1. The predicted octanol–water partition coefficient (Wildman–Crippen LogP) is 3.89. The van der Waals surface area contributed by atoms with Crippen molar-refractivity contribution in [3.63, 3.8) is 0 Å². The molecule has 0 bridgehead atoms. The number of ether oxygens (including phenoxy) is 1. The molecule has 0 aliphatic rings. The number of hydrogen-bond acceptors (Lipinski definition) is 2. The van der Waals surface area contributed by atoms with Crippen LogP contribution in [0, 0.1) is 5.82 Å². The molecular weight excluding hydrogens is 255 g/mol. The van der Waals surface area contributed by atoms with Gasteiger partial charge in [-0.2, -0.15) is 0 Å². The second-order valence-corrected chi connectivity index (χ2v) is 4.35. The highest BCUT2D eigenvalue weighted by Gasteiger charge is 2.15. The first-order chi connectivity index (χ1) is 9.79. The minimum Gasteiger partial charge on any atom is -0.482 e. The van der Waals surface area contributed by atoms with Crippen LogP contribution in [0.1, 0.15) is 0 Å². The van der Waals surface area contributed by atoms with Crippen LogP contribution >= 0.6 is 0 Å². The average Bonchev–Trinajstić information content (AvgIpc) is 2.93. The lowest BCUT2D eigenvalue weighted by Gasteiger charge is -2.07. The molecule has 0 unspecified atom stereocenters. The van der Waals surface area contributed by atoms with Gasteiger partial charge in [0, 0.05) is 24.2 Å². The maximum atomic E-state index is 13.1. The summed E-state index contributed by atoms with van der Waals surface area (Å²) in [4.78, 5) is 7.12. The van der Waals surface area contributed by atoms with Gasteiger partial charge in [0.2, 0.25) is 0 Å². The Morgan fingerprint density at radius 3 is 2.35 bits per heavy atom. The predicted molar refractivity (Wildman–Crippen MR) is 76.0 cm³/mol. The van der Waals surface area contributed by atoms with Crippen LogP contribution in [0.4, 0.5) is 4.39 Å². The van der Waals surface area contributed by atoms with E-state index in [0.717, 1.165) is 22.3 Å². The van der Waals surface area contributed by atoms with Crippen LogP contribution in [0.25, 0.3) is 22.3 Å². The molecule has 0 amide bonds. The van der Waals surface area contributed by atoms with E-state index in [4.69, 9.17) is 4.74 Å². The van der Waals surface area contributed by atoms with Gasteiger partial charge >= 0.3 is 0 Å². The SMILES string of the molecule is COc1[nH]cc(-c2ccc(F)cc2)c1-c1ccncc1. The summed E-state index contributed by atoms with van der Waals surface area (Å²) in [5, 5.41) is 0. The fourth-order valence-corrected chi connectivity index (χ4v) is 2.23. The van der Waals surface area contributed by atoms with Gasteiger partial charge < -0.3 is 9.72 Å². The molecule has 0 atom stereocenters. The minimum absolute atomic E-state index is 0.248. The Labute approximate surface area is 116 Å². The zero-order valence-electron chi connectivity index (χ0n) is 10.9. The van der Waals surface area contributed by atoms with E-state index in [1.807, 2.05) is 18.3 Å². The van der Waals surface area contributed by atoms with E-state index in [0.29, 0.717) is 5.88 Å². The monoisotopic (exact) mass is 268 g/mol. The number of nitrogens with one attached hydrogen (secondary N) is 1. The first-order valence-corrected chi connectivity index (χ1v) is 6.21. The fourth-order valence-electron chi connectivity index (χ4n) is 2.23. The molecule has 0 radical (unpaired) electrons. The van der Waals surface area contributed by atoms with Crippen molar-refractivity contribution in [3.05, 3.63) is 60.8 Å². The summed E-state index contributed by atoms with van der Waals surface area (Å²) >= 11 is 0. The number of methoxy groups -OCH3 is 1. The van der Waals surface area contributed by atoms with Crippen molar-refractivity contribution in [2.45, 2.75) is 0 Å². The molecule has 0 spiro atoms. The molecule has 1 aromatic carbocycles. The summed E-state index contributed by atoms with van der Waals surface area (Å²) < 4.78 is 18.4. The molecular formula is C16H13FN2O. The topological polar surface area (TPSA) is 37.9 Å². The fraction of sp³-hybridized carbons (Fsp3) is 0.0625. The molecule has 3 rings (SSSR count). The molecule has 2 heterocycles. The summed E-state index contributed by atoms with van der Waals surface area (Å²) in [7, 11) is 1.62. The summed E-state index contributed by atoms with van der Waals surface area (Å²) in [5.74, 6) is 0.428. The number of aromatic nitrogens is 2. The average molecular weight is 268 g/mol. The second-order valence-electron chi connectivity index (χ2n) is 4.35. The maximum absolute atomic E-state index is 13.1. The Balaban J connectivity index is 2.17. The van der Waals surface area contributed by atoms with Gasteiger partial charge in [-0.3, -0.25) is 4.98 Å². The van der Waals surface area contributed by atoms with Crippen molar-refractivity contribution < 1.29 is 9.13 Å². The Morgan fingerprint density at radius 1 is 1.00 bits per heavy atom. The van der Waals surface area contributed by atoms with Crippen molar-refractivity contribution >= 4 is 0 Å². The molecule has 100 valence electrons. The van der Waals surface area contributed by atoms with Gasteiger partial charge in [0.15, 0.2) is 5.88 Å². The number of H-pyrrole nitrogens is 1. The van der Waals surface area contributed by atoms with E-state index in [-0.39, 0.29) is 5.82 Å². The first-order valence-electron chi connectivity index (χ1n) is 6.21. The number of halogens is 1. The van der Waals surface area contributed by atoms with Gasteiger partial charge in [-0.15, -0.1) is 0 Å². The van der Waals surface area contributed by atoms with Crippen LogP contribution in [0.15, 0.2) is 55.0 Å². The lowest BCUT2D eigenvalue weighted by atomic mass is 9.99. The lowest BCUT2D eigenvalue weighted by molar-refractivity contribution is 0.402. The Kier molecular flexibility index (Phi) is 3.21. The minimum atomic E-state index is -0.248. The molecule has 4 heteroatoms. The normalized spacial score (nSPS) is 10.5. The van der Waals surface area contributed by atoms with E-state index >= 15 is 0 Å². The molecule has 0 saturated heterocycles. The van der Waals surface area contributed by atoms with Crippen molar-refractivity contribution in [3.8, 4) is 28.1 Å². The molecule has 3 nitrogen and oxygen atoms in total. The highest BCUT2D eigenvalue weighted by atomic mass is 19.1. The van der Waals surface area contributed by atoms with Crippen LogP contribution in [0.5, 0.6) is 5.88 Å². The van der Waals surface area contributed by atoms with E-state index in [9.17, 15) is 4.39 Å². The van der Waals surface area contributed by atoms with Crippen LogP contribution in [-0.2, 0) is 0 Å². The smallest absolute Gasteiger partial charge is 0.199 e. The standard InChI is InChI=1S/C16H13FN2O/c1-20-16-15(12-6-8-18-9-7-12)14(10-19-16)11-2-4-13(17)5-3-11/h2-10,19H,1H3. The Bertz CT molecular complexity index is 705. The highest BCUT2D eigenvalue weighted by molar-refractivity contribution is 5.86. The van der Waals surface area contributed by atoms with Gasteiger partial charge in [-0.25, -0.2) is 4.39 Å². The quantitative estimate of drug-likeness (QED) is 0.782. The molecule has 20 heavy (non-hydrogen) atoms. The van der Waals surface area contributed by atoms with Crippen LogP contribution in [0.2, 0.25) is 0 Å². The second kappa shape index (κ2) is 5.17. The summed E-state index contributed by atoms with van der Waals surface area (Å²) in [6.07, 6.45) is 5.33. The lowest BCUT2D eigenvalue weighted by Crippen LogP contribution is -1.87. The van der Waals surface area contributed by atoms with Gasteiger partial charge in [-0.1, -0.05) is 12.1 Å². The van der Waals surface area contributed by atoms with Gasteiger partial charge in [0.05, 0.1) is 12.7 Å². The number of rotatable bonds is 3. The van der Waals surface area contributed by atoms with Crippen LogP contribution in [0.3, 0.4) is 0 Å². The van der Waals surface area contributed by atoms with Crippen LogP contribution in [-0.4, -0.2) is 17.1 Å². The third-order valence-electron chi connectivity index (χ3n) is 3.17.